The molecule has 0 bridgehead atoms. The number of carboxylic acids is 1. The van der Waals surface area contributed by atoms with Crippen molar-refractivity contribution < 1.29 is 19.4 Å². The molecule has 0 aliphatic heterocycles. The molecule has 1 fully saturated rings. The molecule has 1 aromatic carbocycles. The summed E-state index contributed by atoms with van der Waals surface area (Å²) in [6.45, 7) is 2.08. The summed E-state index contributed by atoms with van der Waals surface area (Å²) in [4.78, 5) is 22.7. The summed E-state index contributed by atoms with van der Waals surface area (Å²) in [7, 11) is 0. The van der Waals surface area contributed by atoms with E-state index in [0.717, 1.165) is 31.2 Å². The lowest BCUT2D eigenvalue weighted by Crippen LogP contribution is -2.36. The van der Waals surface area contributed by atoms with E-state index in [1.54, 1.807) is 18.2 Å². The largest absolute Gasteiger partial charge is 0.482 e. The molecule has 1 aliphatic carbocycles. The van der Waals surface area contributed by atoms with Crippen LogP contribution >= 0.6 is 0 Å². The van der Waals surface area contributed by atoms with E-state index in [4.69, 9.17) is 9.84 Å². The maximum Gasteiger partial charge on any atom is 0.341 e. The maximum atomic E-state index is 12.2. The normalized spacial score (nSPS) is 16.4. The third-order valence-corrected chi connectivity index (χ3v) is 3.97. The van der Waals surface area contributed by atoms with Gasteiger partial charge in [-0.3, -0.25) is 4.79 Å². The zero-order valence-corrected chi connectivity index (χ0v) is 12.2. The highest BCUT2D eigenvalue weighted by Gasteiger charge is 2.35. The molecule has 0 saturated heterocycles. The molecule has 0 atom stereocenters. The molecule has 1 aromatic rings. The third-order valence-electron chi connectivity index (χ3n) is 3.97. The number of amides is 1. The average molecular weight is 291 g/mol. The lowest BCUT2D eigenvalue weighted by molar-refractivity contribution is -0.139. The van der Waals surface area contributed by atoms with E-state index in [0.29, 0.717) is 12.3 Å². The molecule has 114 valence electrons. The van der Waals surface area contributed by atoms with Crippen LogP contribution in [0.4, 0.5) is 0 Å². The second-order valence-electron chi connectivity index (χ2n) is 5.78. The molecule has 0 aromatic heterocycles. The maximum absolute atomic E-state index is 12.2. The van der Waals surface area contributed by atoms with Crippen molar-refractivity contribution in [3.05, 3.63) is 29.8 Å². The van der Waals surface area contributed by atoms with Crippen molar-refractivity contribution in [1.82, 2.24) is 5.32 Å². The summed E-state index contributed by atoms with van der Waals surface area (Å²) >= 11 is 0. The van der Waals surface area contributed by atoms with E-state index >= 15 is 0 Å². The van der Waals surface area contributed by atoms with Gasteiger partial charge in [0, 0.05) is 12.0 Å². The van der Waals surface area contributed by atoms with Gasteiger partial charge in [0.15, 0.2) is 6.61 Å². The van der Waals surface area contributed by atoms with Crippen LogP contribution < -0.4 is 10.1 Å². The SMILES string of the molecule is CC1(C(=O)NCc2cccc(OCC(=O)O)c2)CCCC1. The number of carbonyl (C=O) groups excluding carboxylic acids is 1. The number of hydrogen-bond donors (Lipinski definition) is 2. The van der Waals surface area contributed by atoms with Crippen LogP contribution in [0, 0.1) is 5.41 Å². The predicted molar refractivity (Wildman–Crippen MR) is 78.0 cm³/mol. The molecule has 5 heteroatoms. The van der Waals surface area contributed by atoms with E-state index in [9.17, 15) is 9.59 Å². The van der Waals surface area contributed by atoms with Crippen LogP contribution in [0.3, 0.4) is 0 Å². The first-order chi connectivity index (χ1) is 9.99. The van der Waals surface area contributed by atoms with Gasteiger partial charge in [-0.05, 0) is 30.5 Å². The number of nitrogens with one attached hydrogen (secondary N) is 1. The van der Waals surface area contributed by atoms with Crippen molar-refractivity contribution in [3.8, 4) is 5.75 Å². The summed E-state index contributed by atoms with van der Waals surface area (Å²) in [5, 5.41) is 11.6. The molecular formula is C16H21NO4. The minimum atomic E-state index is -1.01. The smallest absolute Gasteiger partial charge is 0.341 e. The van der Waals surface area contributed by atoms with Crippen molar-refractivity contribution in [2.75, 3.05) is 6.61 Å². The Morgan fingerprint density at radius 1 is 1.33 bits per heavy atom. The minimum Gasteiger partial charge on any atom is -0.482 e. The molecule has 21 heavy (non-hydrogen) atoms. The average Bonchev–Trinajstić information content (AvgIpc) is 2.91. The van der Waals surface area contributed by atoms with Gasteiger partial charge >= 0.3 is 5.97 Å². The number of ether oxygens (including phenoxy) is 1. The Balaban J connectivity index is 1.89. The highest BCUT2D eigenvalue weighted by atomic mass is 16.5. The Morgan fingerprint density at radius 3 is 2.71 bits per heavy atom. The summed E-state index contributed by atoms with van der Waals surface area (Å²) in [5.41, 5.74) is 0.657. The first-order valence-corrected chi connectivity index (χ1v) is 7.21. The van der Waals surface area contributed by atoms with Crippen LogP contribution in [0.1, 0.15) is 38.2 Å². The van der Waals surface area contributed by atoms with Gasteiger partial charge in [0.25, 0.3) is 0 Å². The fourth-order valence-corrected chi connectivity index (χ4v) is 2.67. The van der Waals surface area contributed by atoms with Gasteiger partial charge in [-0.2, -0.15) is 0 Å². The highest BCUT2D eigenvalue weighted by molar-refractivity contribution is 5.82. The van der Waals surface area contributed by atoms with Crippen LogP contribution in [0.2, 0.25) is 0 Å². The van der Waals surface area contributed by atoms with Crippen molar-refractivity contribution in [2.24, 2.45) is 5.41 Å². The van der Waals surface area contributed by atoms with Gasteiger partial charge in [0.2, 0.25) is 5.91 Å². The third kappa shape index (κ3) is 4.21. The molecule has 1 amide bonds. The summed E-state index contributed by atoms with van der Waals surface area (Å²) < 4.78 is 5.12. The van der Waals surface area contributed by atoms with E-state index in [2.05, 4.69) is 5.32 Å². The Morgan fingerprint density at radius 2 is 2.05 bits per heavy atom. The second kappa shape index (κ2) is 6.61. The lowest BCUT2D eigenvalue weighted by atomic mass is 9.88. The number of benzene rings is 1. The molecule has 0 radical (unpaired) electrons. The van der Waals surface area contributed by atoms with Gasteiger partial charge in [0.1, 0.15) is 5.75 Å². The van der Waals surface area contributed by atoms with Crippen LogP contribution in [-0.4, -0.2) is 23.6 Å². The molecule has 2 rings (SSSR count). The van der Waals surface area contributed by atoms with Crippen molar-refractivity contribution in [1.29, 1.82) is 0 Å². The van der Waals surface area contributed by atoms with Crippen molar-refractivity contribution in [2.45, 2.75) is 39.2 Å². The standard InChI is InChI=1S/C16H21NO4/c1-16(7-2-3-8-16)15(20)17-10-12-5-4-6-13(9-12)21-11-14(18)19/h4-6,9H,2-3,7-8,10-11H2,1H3,(H,17,20)(H,18,19). The Labute approximate surface area is 124 Å². The van der Waals surface area contributed by atoms with Crippen molar-refractivity contribution >= 4 is 11.9 Å². The monoisotopic (exact) mass is 291 g/mol. The van der Waals surface area contributed by atoms with Crippen LogP contribution in [0.15, 0.2) is 24.3 Å². The summed E-state index contributed by atoms with van der Waals surface area (Å²) in [5.74, 6) is -0.420. The Hall–Kier alpha value is -2.04. The molecule has 0 spiro atoms. The van der Waals surface area contributed by atoms with Crippen LogP contribution in [0.25, 0.3) is 0 Å². The van der Waals surface area contributed by atoms with Crippen LogP contribution in [-0.2, 0) is 16.1 Å². The molecule has 0 heterocycles. The molecule has 0 unspecified atom stereocenters. The summed E-state index contributed by atoms with van der Waals surface area (Å²) in [6.07, 6.45) is 4.12. The first-order valence-electron chi connectivity index (χ1n) is 7.21. The van der Waals surface area contributed by atoms with Crippen LogP contribution in [0.5, 0.6) is 5.75 Å². The molecule has 1 aliphatic rings. The first kappa shape index (κ1) is 15.4. The number of hydrogen-bond acceptors (Lipinski definition) is 3. The second-order valence-corrected chi connectivity index (χ2v) is 5.78. The molecular weight excluding hydrogens is 270 g/mol. The number of carbonyl (C=O) groups is 2. The highest BCUT2D eigenvalue weighted by Crippen LogP contribution is 2.37. The fraction of sp³-hybridized carbons (Fsp3) is 0.500. The molecule has 5 nitrogen and oxygen atoms in total. The van der Waals surface area contributed by atoms with E-state index < -0.39 is 5.97 Å². The zero-order valence-electron chi connectivity index (χ0n) is 12.2. The quantitative estimate of drug-likeness (QED) is 0.843. The topological polar surface area (TPSA) is 75.6 Å². The van der Waals surface area contributed by atoms with Gasteiger partial charge in [-0.1, -0.05) is 31.9 Å². The summed E-state index contributed by atoms with van der Waals surface area (Å²) in [6, 6.07) is 7.12. The molecule has 2 N–H and O–H groups in total. The zero-order chi connectivity index (χ0) is 15.3. The predicted octanol–water partition coefficient (Wildman–Crippen LogP) is 2.35. The Bertz CT molecular complexity index is 521. The lowest BCUT2D eigenvalue weighted by Gasteiger charge is -2.22. The number of aliphatic carboxylic acids is 1. The van der Waals surface area contributed by atoms with Gasteiger partial charge in [-0.15, -0.1) is 0 Å². The fourth-order valence-electron chi connectivity index (χ4n) is 2.67. The minimum absolute atomic E-state index is 0.0943. The molecule has 1 saturated carbocycles. The van der Waals surface area contributed by atoms with Gasteiger partial charge in [-0.25, -0.2) is 4.79 Å². The van der Waals surface area contributed by atoms with E-state index in [-0.39, 0.29) is 17.9 Å². The van der Waals surface area contributed by atoms with Gasteiger partial charge in [0.05, 0.1) is 0 Å². The van der Waals surface area contributed by atoms with Gasteiger partial charge < -0.3 is 15.2 Å². The number of carboxylic acid groups (broad SMARTS) is 1. The number of rotatable bonds is 6. The van der Waals surface area contributed by atoms with E-state index in [1.807, 2.05) is 13.0 Å². The van der Waals surface area contributed by atoms with Crippen molar-refractivity contribution in [3.63, 3.8) is 0 Å². The Kier molecular flexibility index (Phi) is 4.83. The van der Waals surface area contributed by atoms with E-state index in [1.165, 1.54) is 0 Å².